The Morgan fingerprint density at radius 1 is 0.917 bits per heavy atom. The Bertz CT molecular complexity index is 589. The minimum Gasteiger partial charge on any atom is -0.296 e. The van der Waals surface area contributed by atoms with Crippen molar-refractivity contribution < 1.29 is 0 Å². The quantitative estimate of drug-likeness (QED) is 0.716. The van der Waals surface area contributed by atoms with Gasteiger partial charge in [0.1, 0.15) is 0 Å². The van der Waals surface area contributed by atoms with Crippen LogP contribution in [0, 0.1) is 0 Å². The minimum atomic E-state index is 0. The summed E-state index contributed by atoms with van der Waals surface area (Å²) in [5.41, 5.74) is 2.80. The number of rotatable bonds is 5. The fourth-order valence-corrected chi connectivity index (χ4v) is 3.24. The maximum Gasteiger partial charge on any atom is 0.0479 e. The molecule has 0 aromatic heterocycles. The second-order valence-corrected chi connectivity index (χ2v) is 5.93. The second kappa shape index (κ2) is 10.5. The van der Waals surface area contributed by atoms with Crippen LogP contribution in [0.25, 0.3) is 0 Å². The molecule has 130 valence electrons. The predicted octanol–water partition coefficient (Wildman–Crippen LogP) is 4.58. The highest BCUT2D eigenvalue weighted by molar-refractivity contribution is 5.85. The Hall–Kier alpha value is -1.32. The van der Waals surface area contributed by atoms with Gasteiger partial charge in [-0.3, -0.25) is 9.80 Å². The van der Waals surface area contributed by atoms with Crippen molar-refractivity contribution in [2.24, 2.45) is 0 Å². The third-order valence-corrected chi connectivity index (χ3v) is 4.37. The van der Waals surface area contributed by atoms with Gasteiger partial charge in [0.25, 0.3) is 0 Å². The predicted molar refractivity (Wildman–Crippen MR) is 107 cm³/mol. The lowest BCUT2D eigenvalue weighted by molar-refractivity contribution is 0.0789. The van der Waals surface area contributed by atoms with Crippen molar-refractivity contribution >= 4 is 24.8 Å². The highest BCUT2D eigenvalue weighted by Gasteiger charge is 2.27. The lowest BCUT2D eigenvalue weighted by Gasteiger charge is -2.41. The summed E-state index contributed by atoms with van der Waals surface area (Å²) in [6.45, 7) is 9.19. The fraction of sp³-hybridized carbons (Fsp3) is 0.300. The summed E-state index contributed by atoms with van der Waals surface area (Å²) >= 11 is 0. The molecule has 0 bridgehead atoms. The van der Waals surface area contributed by atoms with E-state index in [-0.39, 0.29) is 24.8 Å². The molecule has 1 fully saturated rings. The van der Waals surface area contributed by atoms with E-state index in [1.807, 2.05) is 6.08 Å². The molecule has 0 N–H and O–H groups in total. The molecule has 0 amide bonds. The summed E-state index contributed by atoms with van der Waals surface area (Å²) in [4.78, 5) is 5.09. The van der Waals surface area contributed by atoms with Gasteiger partial charge in [0.15, 0.2) is 0 Å². The molecule has 1 saturated heterocycles. The molecule has 2 aromatic carbocycles. The first kappa shape index (κ1) is 20.7. The zero-order chi connectivity index (χ0) is 15.2. The third kappa shape index (κ3) is 5.35. The van der Waals surface area contributed by atoms with Gasteiger partial charge >= 0.3 is 0 Å². The highest BCUT2D eigenvalue weighted by atomic mass is 35.5. The van der Waals surface area contributed by atoms with Gasteiger partial charge in [-0.2, -0.15) is 0 Å². The Kier molecular flexibility index (Phi) is 9.09. The normalized spacial score (nSPS) is 18.2. The molecule has 0 aliphatic carbocycles. The van der Waals surface area contributed by atoms with Crippen LogP contribution in [0.1, 0.15) is 17.2 Å². The summed E-state index contributed by atoms with van der Waals surface area (Å²) in [6.07, 6.45) is 2.02. The van der Waals surface area contributed by atoms with Crippen LogP contribution in [-0.4, -0.2) is 36.0 Å². The van der Waals surface area contributed by atoms with Gasteiger partial charge < -0.3 is 0 Å². The van der Waals surface area contributed by atoms with Crippen molar-refractivity contribution in [2.45, 2.75) is 12.6 Å². The van der Waals surface area contributed by atoms with E-state index in [4.69, 9.17) is 0 Å². The van der Waals surface area contributed by atoms with Gasteiger partial charge in [-0.25, -0.2) is 0 Å². The van der Waals surface area contributed by atoms with Gasteiger partial charge in [-0.1, -0.05) is 66.7 Å². The first-order chi connectivity index (χ1) is 10.9. The molecule has 0 spiro atoms. The summed E-state index contributed by atoms with van der Waals surface area (Å²) in [5.74, 6) is 0. The molecule has 0 saturated carbocycles. The van der Waals surface area contributed by atoms with E-state index in [0.29, 0.717) is 6.04 Å². The molecule has 4 heteroatoms. The summed E-state index contributed by atoms with van der Waals surface area (Å²) < 4.78 is 0. The molecule has 24 heavy (non-hydrogen) atoms. The van der Waals surface area contributed by atoms with Gasteiger partial charge in [0.2, 0.25) is 0 Å². The van der Waals surface area contributed by atoms with Gasteiger partial charge in [0, 0.05) is 38.8 Å². The first-order valence-electron chi connectivity index (χ1n) is 8.03. The van der Waals surface area contributed by atoms with Crippen LogP contribution in [0.5, 0.6) is 0 Å². The van der Waals surface area contributed by atoms with E-state index in [2.05, 4.69) is 77.0 Å². The number of hydrogen-bond acceptors (Lipinski definition) is 2. The van der Waals surface area contributed by atoms with E-state index in [1.165, 1.54) is 11.1 Å². The molecule has 3 rings (SSSR count). The second-order valence-electron chi connectivity index (χ2n) is 5.93. The lowest BCUT2D eigenvalue weighted by atomic mass is 10.0. The first-order valence-corrected chi connectivity index (χ1v) is 8.03. The number of nitrogens with zero attached hydrogens (tertiary/aromatic N) is 2. The zero-order valence-corrected chi connectivity index (χ0v) is 15.5. The molecule has 1 aliphatic rings. The van der Waals surface area contributed by atoms with Crippen molar-refractivity contribution in [1.29, 1.82) is 0 Å². The number of piperazine rings is 1. The van der Waals surface area contributed by atoms with E-state index in [1.54, 1.807) is 0 Å². The Labute approximate surface area is 158 Å². The van der Waals surface area contributed by atoms with Crippen LogP contribution < -0.4 is 0 Å². The van der Waals surface area contributed by atoms with Crippen LogP contribution >= 0.6 is 24.8 Å². The van der Waals surface area contributed by atoms with E-state index in [9.17, 15) is 0 Å². The average Bonchev–Trinajstić information content (AvgIpc) is 2.58. The van der Waals surface area contributed by atoms with Gasteiger partial charge in [0.05, 0.1) is 0 Å². The van der Waals surface area contributed by atoms with Crippen LogP contribution in [0.15, 0.2) is 73.3 Å². The van der Waals surface area contributed by atoms with E-state index < -0.39 is 0 Å². The molecule has 2 aromatic rings. The molecule has 2 nitrogen and oxygen atoms in total. The lowest BCUT2D eigenvalue weighted by Crippen LogP contribution is -2.47. The Balaban J connectivity index is 0.00000144. The summed E-state index contributed by atoms with van der Waals surface area (Å²) in [5, 5.41) is 0. The van der Waals surface area contributed by atoms with Gasteiger partial charge in [-0.15, -0.1) is 31.4 Å². The molecule has 1 aliphatic heterocycles. The highest BCUT2D eigenvalue weighted by Crippen LogP contribution is 2.26. The van der Waals surface area contributed by atoms with Crippen molar-refractivity contribution in [3.63, 3.8) is 0 Å². The summed E-state index contributed by atoms with van der Waals surface area (Å²) in [6, 6.07) is 22.1. The molecular formula is C20H26Cl2N2. The standard InChI is InChI=1S/C20H24N2.2ClH/c1-2-13-22-15-14-21(16-18-9-5-3-6-10-18)17-20(22)19-11-7-4-8-12-19;;/h2-12,20H,1,13-17H2;2*1H/t20-;;/m0../s1. The molecule has 1 heterocycles. The van der Waals surface area contributed by atoms with Crippen LogP contribution in [0.3, 0.4) is 0 Å². The maximum absolute atomic E-state index is 3.91. The Morgan fingerprint density at radius 2 is 1.54 bits per heavy atom. The van der Waals surface area contributed by atoms with E-state index in [0.717, 1.165) is 32.7 Å². The molecule has 0 radical (unpaired) electrons. The van der Waals surface area contributed by atoms with Crippen molar-refractivity contribution in [2.75, 3.05) is 26.2 Å². The molecule has 0 unspecified atom stereocenters. The SMILES string of the molecule is C=CCN1CCN(Cc2ccccc2)C[C@H]1c1ccccc1.Cl.Cl. The minimum absolute atomic E-state index is 0. The van der Waals surface area contributed by atoms with Crippen molar-refractivity contribution in [1.82, 2.24) is 9.80 Å². The van der Waals surface area contributed by atoms with Crippen LogP contribution in [-0.2, 0) is 6.54 Å². The third-order valence-electron chi connectivity index (χ3n) is 4.37. The fourth-order valence-electron chi connectivity index (χ4n) is 3.24. The number of benzene rings is 2. The van der Waals surface area contributed by atoms with Crippen LogP contribution in [0.4, 0.5) is 0 Å². The number of halogens is 2. The van der Waals surface area contributed by atoms with Crippen molar-refractivity contribution in [3.05, 3.63) is 84.4 Å². The smallest absolute Gasteiger partial charge is 0.0479 e. The summed E-state index contributed by atoms with van der Waals surface area (Å²) in [7, 11) is 0. The van der Waals surface area contributed by atoms with Crippen LogP contribution in [0.2, 0.25) is 0 Å². The number of hydrogen-bond donors (Lipinski definition) is 0. The average molecular weight is 365 g/mol. The van der Waals surface area contributed by atoms with Crippen molar-refractivity contribution in [3.8, 4) is 0 Å². The largest absolute Gasteiger partial charge is 0.296 e. The topological polar surface area (TPSA) is 6.48 Å². The monoisotopic (exact) mass is 364 g/mol. The van der Waals surface area contributed by atoms with Gasteiger partial charge in [-0.05, 0) is 11.1 Å². The maximum atomic E-state index is 3.91. The zero-order valence-electron chi connectivity index (χ0n) is 13.9. The molecule has 1 atom stereocenters. The Morgan fingerprint density at radius 3 is 2.17 bits per heavy atom. The molecular weight excluding hydrogens is 339 g/mol. The van der Waals surface area contributed by atoms with E-state index >= 15 is 0 Å².